The van der Waals surface area contributed by atoms with E-state index < -0.39 is 0 Å². The van der Waals surface area contributed by atoms with Gasteiger partial charge in [-0.1, -0.05) is 19.1 Å². The van der Waals surface area contributed by atoms with Crippen LogP contribution in [0.1, 0.15) is 61.1 Å². The number of nitrogens with zero attached hydrogens (tertiary/aromatic N) is 2. The van der Waals surface area contributed by atoms with Crippen LogP contribution < -0.4 is 0 Å². The summed E-state index contributed by atoms with van der Waals surface area (Å²) in [4.78, 5) is 17.4. The minimum Gasteiger partial charge on any atom is -0.332 e. The smallest absolute Gasteiger partial charge is 0.254 e. The highest BCUT2D eigenvalue weighted by molar-refractivity contribution is 7.08. The van der Waals surface area contributed by atoms with Gasteiger partial charge in [0.05, 0.1) is 6.04 Å². The standard InChI is InChI=1S/C21H28N2OS/c1-4-22(16(2)3)14-17-7-9-18(10-8-17)21(24)23-12-5-6-20(23)19-11-13-25-15-19/h7-11,13,15-16,20H,4-6,12,14H2,1-3H3. The molecule has 1 fully saturated rings. The first-order valence-electron chi connectivity index (χ1n) is 9.26. The van der Waals surface area contributed by atoms with Gasteiger partial charge in [0.15, 0.2) is 0 Å². The van der Waals surface area contributed by atoms with Crippen molar-refractivity contribution in [2.75, 3.05) is 13.1 Å². The number of amides is 1. The molecule has 0 saturated carbocycles. The lowest BCUT2D eigenvalue weighted by molar-refractivity contribution is 0.0736. The number of hydrogen-bond donors (Lipinski definition) is 0. The van der Waals surface area contributed by atoms with E-state index in [4.69, 9.17) is 0 Å². The largest absolute Gasteiger partial charge is 0.332 e. The molecule has 1 aliphatic rings. The Kier molecular flexibility index (Phi) is 5.92. The van der Waals surface area contributed by atoms with Crippen LogP contribution in [0.3, 0.4) is 0 Å². The summed E-state index contributed by atoms with van der Waals surface area (Å²) in [6, 6.07) is 11.1. The van der Waals surface area contributed by atoms with E-state index in [1.54, 1.807) is 11.3 Å². The summed E-state index contributed by atoms with van der Waals surface area (Å²) in [5, 5.41) is 4.27. The molecule has 1 atom stereocenters. The van der Waals surface area contributed by atoms with Crippen molar-refractivity contribution in [1.82, 2.24) is 9.80 Å². The number of hydrogen-bond acceptors (Lipinski definition) is 3. The average molecular weight is 357 g/mol. The maximum absolute atomic E-state index is 13.0. The third-order valence-corrected chi connectivity index (χ3v) is 5.87. The Labute approximate surface area is 155 Å². The molecule has 0 spiro atoms. The van der Waals surface area contributed by atoms with Crippen molar-refractivity contribution in [1.29, 1.82) is 0 Å². The first-order chi connectivity index (χ1) is 12.1. The molecular weight excluding hydrogens is 328 g/mol. The van der Waals surface area contributed by atoms with Crippen LogP contribution in [0, 0.1) is 0 Å². The quantitative estimate of drug-likeness (QED) is 0.731. The second-order valence-corrected chi connectivity index (χ2v) is 7.85. The molecule has 1 saturated heterocycles. The molecular formula is C21H28N2OS. The molecule has 0 N–H and O–H groups in total. The van der Waals surface area contributed by atoms with Crippen molar-refractivity contribution in [3.63, 3.8) is 0 Å². The van der Waals surface area contributed by atoms with Gasteiger partial charge >= 0.3 is 0 Å². The Balaban J connectivity index is 1.70. The van der Waals surface area contributed by atoms with E-state index in [-0.39, 0.29) is 11.9 Å². The van der Waals surface area contributed by atoms with Gasteiger partial charge in [0.25, 0.3) is 5.91 Å². The molecule has 2 heterocycles. The molecule has 3 rings (SSSR count). The topological polar surface area (TPSA) is 23.6 Å². The normalized spacial score (nSPS) is 17.6. The lowest BCUT2D eigenvalue weighted by atomic mass is 10.1. The second kappa shape index (κ2) is 8.15. The van der Waals surface area contributed by atoms with E-state index in [0.717, 1.165) is 38.0 Å². The van der Waals surface area contributed by atoms with Gasteiger partial charge in [0, 0.05) is 24.7 Å². The van der Waals surface area contributed by atoms with Crippen LogP contribution in [-0.2, 0) is 6.54 Å². The van der Waals surface area contributed by atoms with Crippen LogP contribution in [0.5, 0.6) is 0 Å². The third-order valence-electron chi connectivity index (χ3n) is 5.16. The molecule has 4 heteroatoms. The molecule has 25 heavy (non-hydrogen) atoms. The summed E-state index contributed by atoms with van der Waals surface area (Å²) in [7, 11) is 0. The van der Waals surface area contributed by atoms with Crippen molar-refractivity contribution in [3.05, 3.63) is 57.8 Å². The zero-order valence-corrected chi connectivity index (χ0v) is 16.3. The van der Waals surface area contributed by atoms with E-state index in [1.165, 1.54) is 11.1 Å². The molecule has 0 aliphatic carbocycles. The van der Waals surface area contributed by atoms with Crippen LogP contribution in [0.4, 0.5) is 0 Å². The van der Waals surface area contributed by atoms with E-state index >= 15 is 0 Å². The predicted octanol–water partition coefficient (Wildman–Crippen LogP) is 4.96. The fraction of sp³-hybridized carbons (Fsp3) is 0.476. The Bertz CT molecular complexity index is 678. The summed E-state index contributed by atoms with van der Waals surface area (Å²) in [5.41, 5.74) is 3.35. The van der Waals surface area contributed by atoms with Gasteiger partial charge in [0.1, 0.15) is 0 Å². The maximum Gasteiger partial charge on any atom is 0.254 e. The highest BCUT2D eigenvalue weighted by Crippen LogP contribution is 2.34. The van der Waals surface area contributed by atoms with Crippen molar-refractivity contribution in [3.8, 4) is 0 Å². The third kappa shape index (κ3) is 4.13. The SMILES string of the molecule is CCN(Cc1ccc(C(=O)N2CCCC2c2ccsc2)cc1)C(C)C. The van der Waals surface area contributed by atoms with E-state index in [0.29, 0.717) is 6.04 Å². The molecule has 1 aromatic heterocycles. The lowest BCUT2D eigenvalue weighted by Crippen LogP contribution is -2.31. The van der Waals surface area contributed by atoms with Gasteiger partial charge in [-0.25, -0.2) is 0 Å². The van der Waals surface area contributed by atoms with Gasteiger partial charge < -0.3 is 4.90 Å². The fourth-order valence-electron chi connectivity index (χ4n) is 3.63. The Morgan fingerprint density at radius 3 is 2.64 bits per heavy atom. The minimum atomic E-state index is 0.163. The lowest BCUT2D eigenvalue weighted by Gasteiger charge is -2.26. The van der Waals surface area contributed by atoms with Gasteiger partial charge in [-0.2, -0.15) is 11.3 Å². The zero-order valence-electron chi connectivity index (χ0n) is 15.4. The summed E-state index contributed by atoms with van der Waals surface area (Å²) in [6.45, 7) is 9.46. The monoisotopic (exact) mass is 356 g/mol. The van der Waals surface area contributed by atoms with E-state index in [9.17, 15) is 4.79 Å². The molecule has 0 bridgehead atoms. The highest BCUT2D eigenvalue weighted by atomic mass is 32.1. The molecule has 1 unspecified atom stereocenters. The molecule has 0 radical (unpaired) electrons. The van der Waals surface area contributed by atoms with Crippen molar-refractivity contribution in [2.24, 2.45) is 0 Å². The first-order valence-corrected chi connectivity index (χ1v) is 10.2. The minimum absolute atomic E-state index is 0.163. The number of benzene rings is 1. The number of rotatable bonds is 6. The number of likely N-dealkylation sites (tertiary alicyclic amines) is 1. The fourth-order valence-corrected chi connectivity index (χ4v) is 4.34. The van der Waals surface area contributed by atoms with Crippen molar-refractivity contribution < 1.29 is 4.79 Å². The number of thiophene rings is 1. The first kappa shape index (κ1) is 18.2. The Morgan fingerprint density at radius 2 is 2.04 bits per heavy atom. The predicted molar refractivity (Wildman–Crippen MR) is 105 cm³/mol. The number of carbonyl (C=O) groups excluding carboxylic acids is 1. The van der Waals surface area contributed by atoms with Crippen molar-refractivity contribution >= 4 is 17.2 Å². The Morgan fingerprint density at radius 1 is 1.28 bits per heavy atom. The molecule has 1 aromatic carbocycles. The number of carbonyl (C=O) groups is 1. The van der Waals surface area contributed by atoms with Crippen molar-refractivity contribution in [2.45, 2.75) is 52.2 Å². The van der Waals surface area contributed by atoms with Crippen LogP contribution in [0.25, 0.3) is 0 Å². The summed E-state index contributed by atoms with van der Waals surface area (Å²) in [5.74, 6) is 0.163. The van der Waals surface area contributed by atoms with Gasteiger partial charge in [0.2, 0.25) is 0 Å². The molecule has 3 nitrogen and oxygen atoms in total. The Hall–Kier alpha value is -1.65. The average Bonchev–Trinajstić information content (AvgIpc) is 3.30. The molecule has 1 amide bonds. The van der Waals surface area contributed by atoms with E-state index in [1.807, 2.05) is 17.0 Å². The molecule has 2 aromatic rings. The van der Waals surface area contributed by atoms with Crippen LogP contribution >= 0.6 is 11.3 Å². The maximum atomic E-state index is 13.0. The van der Waals surface area contributed by atoms with Crippen LogP contribution in [-0.4, -0.2) is 34.8 Å². The van der Waals surface area contributed by atoms with Gasteiger partial charge in [-0.15, -0.1) is 0 Å². The van der Waals surface area contributed by atoms with Crippen LogP contribution in [0.15, 0.2) is 41.1 Å². The summed E-state index contributed by atoms with van der Waals surface area (Å²) in [6.07, 6.45) is 2.16. The van der Waals surface area contributed by atoms with E-state index in [2.05, 4.69) is 54.6 Å². The highest BCUT2D eigenvalue weighted by Gasteiger charge is 2.30. The van der Waals surface area contributed by atoms with Gasteiger partial charge in [-0.05, 0) is 73.3 Å². The molecule has 1 aliphatic heterocycles. The molecule has 134 valence electrons. The summed E-state index contributed by atoms with van der Waals surface area (Å²) < 4.78 is 0. The second-order valence-electron chi connectivity index (χ2n) is 7.07. The van der Waals surface area contributed by atoms with Gasteiger partial charge in [-0.3, -0.25) is 9.69 Å². The van der Waals surface area contributed by atoms with Crippen LogP contribution in [0.2, 0.25) is 0 Å². The summed E-state index contributed by atoms with van der Waals surface area (Å²) >= 11 is 1.71. The zero-order chi connectivity index (χ0) is 17.8.